The molecule has 6 N–H and O–H groups in total. The van der Waals surface area contributed by atoms with Gasteiger partial charge in [-0.3, -0.25) is 14.4 Å². The summed E-state index contributed by atoms with van der Waals surface area (Å²) in [6.07, 6.45) is 0.546. The number of carboxylic acid groups (broad SMARTS) is 1. The minimum absolute atomic E-state index is 0.153. The summed E-state index contributed by atoms with van der Waals surface area (Å²) in [6, 6.07) is 10.3. The molecule has 0 unspecified atom stereocenters. The summed E-state index contributed by atoms with van der Waals surface area (Å²) >= 11 is 0. The number of hydrogen-bond acceptors (Lipinski definition) is 8. The van der Waals surface area contributed by atoms with Gasteiger partial charge < -0.3 is 31.5 Å². The first kappa shape index (κ1) is 28.8. The van der Waals surface area contributed by atoms with E-state index in [-0.39, 0.29) is 23.8 Å². The van der Waals surface area contributed by atoms with Crippen molar-refractivity contribution in [2.45, 2.75) is 62.1 Å². The van der Waals surface area contributed by atoms with Crippen molar-refractivity contribution in [2.75, 3.05) is 5.75 Å². The number of phenolic OH excluding ortho intramolecular Hbond substituents is 1. The highest BCUT2D eigenvalue weighted by molar-refractivity contribution is 8.77. The first-order chi connectivity index (χ1) is 18.5. The van der Waals surface area contributed by atoms with E-state index >= 15 is 0 Å². The van der Waals surface area contributed by atoms with Gasteiger partial charge in [0.25, 0.3) is 0 Å². The van der Waals surface area contributed by atoms with Crippen molar-refractivity contribution >= 4 is 45.3 Å². The number of carbonyl (C=O) groups excluding carboxylic acids is 3. The van der Waals surface area contributed by atoms with Crippen LogP contribution < -0.4 is 21.3 Å². The fourth-order valence-corrected chi connectivity index (χ4v) is 7.36. The number of hydrogen-bond donors (Lipinski definition) is 6. The number of aliphatic carboxylic acids is 1. The first-order valence-corrected chi connectivity index (χ1v) is 14.9. The highest BCUT2D eigenvalue weighted by atomic mass is 33.1. The van der Waals surface area contributed by atoms with Crippen LogP contribution >= 0.6 is 21.6 Å². The van der Waals surface area contributed by atoms with Gasteiger partial charge in [0, 0.05) is 18.7 Å². The average Bonchev–Trinajstić information content (AvgIpc) is 2.91. The van der Waals surface area contributed by atoms with Gasteiger partial charge in [0.2, 0.25) is 17.7 Å². The van der Waals surface area contributed by atoms with E-state index in [0.717, 1.165) is 16.7 Å². The Morgan fingerprint density at radius 3 is 2.51 bits per heavy atom. The maximum absolute atomic E-state index is 13.4. The van der Waals surface area contributed by atoms with Crippen molar-refractivity contribution in [2.24, 2.45) is 0 Å². The first-order valence-electron chi connectivity index (χ1n) is 12.6. The van der Waals surface area contributed by atoms with Crippen LogP contribution in [0.2, 0.25) is 0 Å². The zero-order chi connectivity index (χ0) is 28.2. The number of fused-ring (bicyclic) bond motifs is 1. The molecule has 1 saturated heterocycles. The Balaban J connectivity index is 1.54. The Bertz CT molecular complexity index is 1240. The summed E-state index contributed by atoms with van der Waals surface area (Å²) in [4.78, 5) is 52.0. The lowest BCUT2D eigenvalue weighted by Gasteiger charge is -2.31. The molecule has 10 nitrogen and oxygen atoms in total. The predicted molar refractivity (Wildman–Crippen MR) is 150 cm³/mol. The van der Waals surface area contributed by atoms with Gasteiger partial charge in [-0.2, -0.15) is 0 Å². The van der Waals surface area contributed by atoms with E-state index in [0.29, 0.717) is 13.0 Å². The molecule has 39 heavy (non-hydrogen) atoms. The van der Waals surface area contributed by atoms with Crippen LogP contribution in [-0.4, -0.2) is 68.6 Å². The van der Waals surface area contributed by atoms with Crippen LogP contribution in [0.3, 0.4) is 0 Å². The molecule has 3 amide bonds. The maximum Gasteiger partial charge on any atom is 0.327 e. The highest BCUT2D eigenvalue weighted by Gasteiger charge is 2.41. The summed E-state index contributed by atoms with van der Waals surface area (Å²) in [5, 5.41) is 30.9. The Kier molecular flexibility index (Phi) is 9.08. The number of amides is 3. The normalized spacial score (nSPS) is 25.3. The molecule has 12 heteroatoms. The summed E-state index contributed by atoms with van der Waals surface area (Å²) < 4.78 is -0.911. The van der Waals surface area contributed by atoms with Gasteiger partial charge in [0.15, 0.2) is 0 Å². The van der Waals surface area contributed by atoms with Crippen molar-refractivity contribution in [1.29, 1.82) is 0 Å². The molecule has 4 rings (SSSR count). The van der Waals surface area contributed by atoms with Crippen LogP contribution in [0, 0.1) is 0 Å². The van der Waals surface area contributed by atoms with Crippen molar-refractivity contribution in [3.05, 3.63) is 65.2 Å². The Hall–Kier alpha value is -3.22. The SMILES string of the molecule is CC1(C)SSC[C@H](NC(=O)[C@@H]2Cc3ccc(O)cc3CN2)C(=O)N[C@@H](Cc2ccccc2)C(=O)N[C@@H]1C(=O)O. The van der Waals surface area contributed by atoms with Crippen molar-refractivity contribution < 1.29 is 29.4 Å². The van der Waals surface area contributed by atoms with Crippen molar-refractivity contribution in [1.82, 2.24) is 21.3 Å². The second kappa shape index (κ2) is 12.3. The fourth-order valence-electron chi connectivity index (χ4n) is 4.55. The van der Waals surface area contributed by atoms with Gasteiger partial charge in [-0.25, -0.2) is 4.79 Å². The van der Waals surface area contributed by atoms with Gasteiger partial charge >= 0.3 is 5.97 Å². The van der Waals surface area contributed by atoms with Crippen LogP contribution in [0.5, 0.6) is 5.75 Å². The minimum atomic E-state index is -1.20. The minimum Gasteiger partial charge on any atom is -0.508 e. The Morgan fingerprint density at radius 1 is 1.05 bits per heavy atom. The largest absolute Gasteiger partial charge is 0.508 e. The number of phenols is 1. The number of aromatic hydroxyl groups is 1. The molecular formula is C27H32N4O6S2. The van der Waals surface area contributed by atoms with E-state index in [1.807, 2.05) is 30.3 Å². The number of benzene rings is 2. The second-order valence-electron chi connectivity index (χ2n) is 10.2. The quantitative estimate of drug-likeness (QED) is 0.291. The van der Waals surface area contributed by atoms with E-state index in [1.54, 1.807) is 32.0 Å². The second-order valence-corrected chi connectivity index (χ2v) is 13.1. The van der Waals surface area contributed by atoms with E-state index in [4.69, 9.17) is 0 Å². The molecule has 1 fully saturated rings. The van der Waals surface area contributed by atoms with Crippen molar-refractivity contribution in [3.8, 4) is 5.75 Å². The summed E-state index contributed by atoms with van der Waals surface area (Å²) in [5.74, 6) is -2.35. The fraction of sp³-hybridized carbons (Fsp3) is 0.407. The van der Waals surface area contributed by atoms with Gasteiger partial charge in [0.05, 0.1) is 10.8 Å². The van der Waals surface area contributed by atoms with E-state index < -0.39 is 46.7 Å². The van der Waals surface area contributed by atoms with Crippen LogP contribution in [-0.2, 0) is 38.6 Å². The topological polar surface area (TPSA) is 157 Å². The summed E-state index contributed by atoms with van der Waals surface area (Å²) in [5.41, 5.74) is 2.63. The number of rotatable bonds is 5. The van der Waals surface area contributed by atoms with Crippen LogP contribution in [0.1, 0.15) is 30.5 Å². The average molecular weight is 573 g/mol. The highest BCUT2D eigenvalue weighted by Crippen LogP contribution is 2.39. The van der Waals surface area contributed by atoms with Gasteiger partial charge in [-0.15, -0.1) is 0 Å². The Morgan fingerprint density at radius 2 is 1.79 bits per heavy atom. The number of carboxylic acids is 1. The van der Waals surface area contributed by atoms with Crippen LogP contribution in [0.15, 0.2) is 48.5 Å². The third-order valence-corrected chi connectivity index (χ3v) is 10.1. The molecule has 2 aromatic rings. The van der Waals surface area contributed by atoms with E-state index in [1.165, 1.54) is 21.6 Å². The summed E-state index contributed by atoms with van der Waals surface area (Å²) in [7, 11) is 2.51. The molecule has 0 spiro atoms. The maximum atomic E-state index is 13.4. The monoisotopic (exact) mass is 572 g/mol. The lowest BCUT2D eigenvalue weighted by atomic mass is 9.95. The van der Waals surface area contributed by atoms with E-state index in [9.17, 15) is 29.4 Å². The molecule has 4 atom stereocenters. The molecule has 0 aromatic heterocycles. The molecule has 2 aromatic carbocycles. The molecule has 0 radical (unpaired) electrons. The lowest BCUT2D eigenvalue weighted by molar-refractivity contribution is -0.143. The standard InChI is InChI=1S/C27H32N4O6S2/c1-27(2)22(26(36)37)31-24(34)20(10-15-6-4-3-5-7-15)29-25(35)21(14-38-39-27)30-23(33)19-12-16-8-9-18(32)11-17(16)13-28-19/h3-9,11,19-22,28,32H,10,12-14H2,1-2H3,(H,29,35)(H,30,33)(H,31,34)(H,36,37)/t19-,20-,21-,22+/m0/s1. The van der Waals surface area contributed by atoms with Gasteiger partial charge in [0.1, 0.15) is 23.9 Å². The van der Waals surface area contributed by atoms with Gasteiger partial charge in [-0.05, 0) is 49.1 Å². The molecular weight excluding hydrogens is 540 g/mol. The third-order valence-electron chi connectivity index (χ3n) is 6.76. The predicted octanol–water partition coefficient (Wildman–Crippen LogP) is 1.36. The zero-order valence-electron chi connectivity index (χ0n) is 21.6. The molecule has 2 heterocycles. The molecule has 2 aliphatic heterocycles. The smallest absolute Gasteiger partial charge is 0.327 e. The molecule has 0 bridgehead atoms. The van der Waals surface area contributed by atoms with Crippen LogP contribution in [0.25, 0.3) is 0 Å². The van der Waals surface area contributed by atoms with Gasteiger partial charge in [-0.1, -0.05) is 58.0 Å². The number of nitrogens with one attached hydrogen (secondary N) is 4. The van der Waals surface area contributed by atoms with Crippen LogP contribution in [0.4, 0.5) is 0 Å². The zero-order valence-corrected chi connectivity index (χ0v) is 23.2. The van der Waals surface area contributed by atoms with E-state index in [2.05, 4.69) is 21.3 Å². The molecule has 2 aliphatic rings. The Labute approximate surface area is 234 Å². The molecule has 0 saturated carbocycles. The van der Waals surface area contributed by atoms with Crippen molar-refractivity contribution in [3.63, 3.8) is 0 Å². The number of carbonyl (C=O) groups is 4. The molecule has 208 valence electrons. The molecule has 0 aliphatic carbocycles. The lowest BCUT2D eigenvalue weighted by Crippen LogP contribution is -2.60. The third kappa shape index (κ3) is 7.25. The summed E-state index contributed by atoms with van der Waals surface area (Å²) in [6.45, 7) is 3.84.